The summed E-state index contributed by atoms with van der Waals surface area (Å²) < 4.78 is 5.50. The van der Waals surface area contributed by atoms with Crippen LogP contribution >= 0.6 is 11.8 Å². The lowest BCUT2D eigenvalue weighted by Gasteiger charge is -2.16. The van der Waals surface area contributed by atoms with Gasteiger partial charge in [0.05, 0.1) is 22.9 Å². The number of pyridine rings is 1. The molecule has 0 N–H and O–H groups in total. The van der Waals surface area contributed by atoms with Crippen LogP contribution in [0, 0.1) is 6.92 Å². The minimum atomic E-state index is 0.00285. The Kier molecular flexibility index (Phi) is 5.98. The molecule has 2 aromatic rings. The molecule has 7 heteroatoms. The predicted molar refractivity (Wildman–Crippen MR) is 100 cm³/mol. The van der Waals surface area contributed by atoms with Gasteiger partial charge in [0.25, 0.3) is 5.91 Å². The first-order valence-corrected chi connectivity index (χ1v) is 9.69. The van der Waals surface area contributed by atoms with E-state index in [0.717, 1.165) is 42.5 Å². The van der Waals surface area contributed by atoms with Gasteiger partial charge in [0.15, 0.2) is 0 Å². The number of aromatic nitrogens is 1. The molecule has 138 valence electrons. The molecule has 26 heavy (non-hydrogen) atoms. The predicted octanol–water partition coefficient (Wildman–Crippen LogP) is 2.97. The Hall–Kier alpha value is -2.28. The van der Waals surface area contributed by atoms with Crippen LogP contribution in [0.4, 0.5) is 0 Å². The Labute approximate surface area is 157 Å². The smallest absolute Gasteiger partial charge is 0.255 e. The maximum absolute atomic E-state index is 12.3. The average Bonchev–Trinajstić information content (AvgIpc) is 3.31. The lowest BCUT2D eigenvalue weighted by Crippen LogP contribution is -2.28. The third kappa shape index (κ3) is 4.66. The van der Waals surface area contributed by atoms with E-state index in [0.29, 0.717) is 17.9 Å². The highest BCUT2D eigenvalue weighted by Crippen LogP contribution is 2.18. The summed E-state index contributed by atoms with van der Waals surface area (Å²) in [5.74, 6) is 1.94. The molecule has 0 aliphatic carbocycles. The first kappa shape index (κ1) is 18.5. The van der Waals surface area contributed by atoms with Crippen LogP contribution in [0.15, 0.2) is 39.9 Å². The summed E-state index contributed by atoms with van der Waals surface area (Å²) in [6.07, 6.45) is 3.74. The normalized spacial score (nSPS) is 13.8. The van der Waals surface area contributed by atoms with Gasteiger partial charge in [0.1, 0.15) is 11.5 Å². The molecule has 0 radical (unpaired) electrons. The summed E-state index contributed by atoms with van der Waals surface area (Å²) >= 11 is 1.37. The minimum absolute atomic E-state index is 0.00285. The zero-order valence-corrected chi connectivity index (χ0v) is 15.9. The second-order valence-corrected chi connectivity index (χ2v) is 7.43. The number of carbonyl (C=O) groups is 2. The zero-order valence-electron chi connectivity index (χ0n) is 15.1. The Bertz CT molecular complexity index is 767. The number of carbonyl (C=O) groups excluding carboxylic acids is 2. The molecule has 1 aliphatic rings. The van der Waals surface area contributed by atoms with Crippen molar-refractivity contribution >= 4 is 23.6 Å². The van der Waals surface area contributed by atoms with E-state index in [9.17, 15) is 9.59 Å². The van der Waals surface area contributed by atoms with E-state index < -0.39 is 0 Å². The van der Waals surface area contributed by atoms with Crippen molar-refractivity contribution in [1.82, 2.24) is 14.8 Å². The monoisotopic (exact) mass is 373 g/mol. The van der Waals surface area contributed by atoms with E-state index in [1.54, 1.807) is 30.3 Å². The highest BCUT2D eigenvalue weighted by molar-refractivity contribution is 7.99. The summed E-state index contributed by atoms with van der Waals surface area (Å²) in [5.41, 5.74) is 0.605. The number of nitrogens with zero attached hydrogens (tertiary/aromatic N) is 3. The molecule has 1 fully saturated rings. The van der Waals surface area contributed by atoms with Gasteiger partial charge in [-0.3, -0.25) is 9.59 Å². The highest BCUT2D eigenvalue weighted by Gasteiger charge is 2.19. The van der Waals surface area contributed by atoms with E-state index in [1.807, 2.05) is 24.0 Å². The Morgan fingerprint density at radius 1 is 1.23 bits per heavy atom. The van der Waals surface area contributed by atoms with Crippen LogP contribution in [-0.2, 0) is 11.3 Å². The van der Waals surface area contributed by atoms with Crippen molar-refractivity contribution in [1.29, 1.82) is 0 Å². The van der Waals surface area contributed by atoms with E-state index in [1.165, 1.54) is 11.8 Å². The molecule has 0 bridgehead atoms. The van der Waals surface area contributed by atoms with Gasteiger partial charge >= 0.3 is 0 Å². The van der Waals surface area contributed by atoms with E-state index in [-0.39, 0.29) is 11.8 Å². The van der Waals surface area contributed by atoms with Crippen LogP contribution in [0.2, 0.25) is 0 Å². The minimum Gasteiger partial charge on any atom is -0.464 e. The quantitative estimate of drug-likeness (QED) is 0.728. The second kappa shape index (κ2) is 8.40. The van der Waals surface area contributed by atoms with Crippen molar-refractivity contribution in [2.24, 2.45) is 0 Å². The van der Waals surface area contributed by atoms with Gasteiger partial charge < -0.3 is 14.2 Å². The van der Waals surface area contributed by atoms with Crippen LogP contribution < -0.4 is 0 Å². The van der Waals surface area contributed by atoms with Gasteiger partial charge in [-0.2, -0.15) is 0 Å². The molecule has 0 atom stereocenters. The largest absolute Gasteiger partial charge is 0.464 e. The summed E-state index contributed by atoms with van der Waals surface area (Å²) in [4.78, 5) is 32.4. The molecule has 3 heterocycles. The van der Waals surface area contributed by atoms with E-state index >= 15 is 0 Å². The van der Waals surface area contributed by atoms with Crippen LogP contribution in [0.25, 0.3) is 0 Å². The van der Waals surface area contributed by atoms with E-state index in [2.05, 4.69) is 4.98 Å². The molecule has 0 aromatic carbocycles. The number of amides is 2. The zero-order chi connectivity index (χ0) is 18.5. The SMILES string of the molecule is Cc1ccc(CN(C)C(=O)CSc2ccc(C(=O)N3CCCC3)cn2)o1. The molecule has 1 aliphatic heterocycles. The summed E-state index contributed by atoms with van der Waals surface area (Å²) in [6, 6.07) is 7.36. The maximum Gasteiger partial charge on any atom is 0.255 e. The lowest BCUT2D eigenvalue weighted by molar-refractivity contribution is -0.127. The molecular formula is C19H23N3O3S. The molecule has 2 amide bonds. The van der Waals surface area contributed by atoms with Gasteiger partial charge in [0, 0.05) is 26.3 Å². The Morgan fingerprint density at radius 2 is 2.00 bits per heavy atom. The van der Waals surface area contributed by atoms with Gasteiger partial charge in [-0.05, 0) is 44.0 Å². The molecule has 1 saturated heterocycles. The fourth-order valence-electron chi connectivity index (χ4n) is 2.83. The second-order valence-electron chi connectivity index (χ2n) is 6.44. The summed E-state index contributed by atoms with van der Waals surface area (Å²) in [5, 5.41) is 0.735. The van der Waals surface area contributed by atoms with Crippen molar-refractivity contribution < 1.29 is 14.0 Å². The van der Waals surface area contributed by atoms with Gasteiger partial charge in [0.2, 0.25) is 5.91 Å². The maximum atomic E-state index is 12.3. The van der Waals surface area contributed by atoms with Gasteiger partial charge in [-0.1, -0.05) is 11.8 Å². The van der Waals surface area contributed by atoms with Crippen LogP contribution in [0.3, 0.4) is 0 Å². The number of thioether (sulfide) groups is 1. The standard InChI is InChI=1S/C19H23N3O3S/c1-14-5-7-16(25-14)12-21(2)18(23)13-26-17-8-6-15(11-20-17)19(24)22-9-3-4-10-22/h5-8,11H,3-4,9-10,12-13H2,1-2H3. The Morgan fingerprint density at radius 3 is 2.62 bits per heavy atom. The van der Waals surface area contributed by atoms with Crippen molar-refractivity contribution in [3.63, 3.8) is 0 Å². The number of furan rings is 1. The van der Waals surface area contributed by atoms with Crippen molar-refractivity contribution in [3.05, 3.63) is 47.5 Å². The van der Waals surface area contributed by atoms with Gasteiger partial charge in [-0.15, -0.1) is 0 Å². The first-order chi connectivity index (χ1) is 12.5. The van der Waals surface area contributed by atoms with Crippen molar-refractivity contribution in [2.75, 3.05) is 25.9 Å². The van der Waals surface area contributed by atoms with Crippen LogP contribution in [0.5, 0.6) is 0 Å². The fraction of sp³-hybridized carbons (Fsp3) is 0.421. The first-order valence-electron chi connectivity index (χ1n) is 8.70. The van der Waals surface area contributed by atoms with Crippen LogP contribution in [0.1, 0.15) is 34.7 Å². The van der Waals surface area contributed by atoms with Crippen molar-refractivity contribution in [2.45, 2.75) is 31.3 Å². The fourth-order valence-corrected chi connectivity index (χ4v) is 3.62. The highest BCUT2D eigenvalue weighted by atomic mass is 32.2. The van der Waals surface area contributed by atoms with Gasteiger partial charge in [-0.25, -0.2) is 4.98 Å². The molecular weight excluding hydrogens is 350 g/mol. The third-order valence-corrected chi connectivity index (χ3v) is 5.26. The molecule has 3 rings (SSSR count). The number of likely N-dealkylation sites (tertiary alicyclic amines) is 1. The molecule has 2 aromatic heterocycles. The summed E-state index contributed by atoms with van der Waals surface area (Å²) in [6.45, 7) is 3.98. The number of hydrogen-bond acceptors (Lipinski definition) is 5. The van der Waals surface area contributed by atoms with Crippen molar-refractivity contribution in [3.8, 4) is 0 Å². The number of rotatable bonds is 6. The van der Waals surface area contributed by atoms with Crippen LogP contribution in [-0.4, -0.2) is 52.5 Å². The molecule has 0 saturated carbocycles. The molecule has 0 spiro atoms. The third-order valence-electron chi connectivity index (χ3n) is 4.33. The molecule has 6 nitrogen and oxygen atoms in total. The summed E-state index contributed by atoms with van der Waals surface area (Å²) in [7, 11) is 1.76. The average molecular weight is 373 g/mol. The number of hydrogen-bond donors (Lipinski definition) is 0. The van der Waals surface area contributed by atoms with E-state index in [4.69, 9.17) is 4.42 Å². The Balaban J connectivity index is 1.49. The number of aryl methyl sites for hydroxylation is 1. The topological polar surface area (TPSA) is 66.7 Å². The lowest BCUT2D eigenvalue weighted by atomic mass is 10.2. The molecule has 0 unspecified atom stereocenters.